The average Bonchev–Trinajstić information content (AvgIpc) is 2.18. The SMILES string of the molecule is O=C(O)Cc1cc(C(F)F)c(Cl)nc1[N+](=O)[O-]. The van der Waals surface area contributed by atoms with Gasteiger partial charge in [0, 0.05) is 0 Å². The molecule has 1 aromatic heterocycles. The van der Waals surface area contributed by atoms with E-state index in [-0.39, 0.29) is 0 Å². The molecule has 0 aliphatic rings. The molecule has 1 aromatic rings. The van der Waals surface area contributed by atoms with Gasteiger partial charge in [0.15, 0.2) is 0 Å². The number of hydrogen-bond acceptors (Lipinski definition) is 4. The third kappa shape index (κ3) is 3.06. The first-order chi connectivity index (χ1) is 7.82. The van der Waals surface area contributed by atoms with Gasteiger partial charge < -0.3 is 15.2 Å². The number of aliphatic carboxylic acids is 1. The van der Waals surface area contributed by atoms with Crippen molar-refractivity contribution in [3.8, 4) is 0 Å². The van der Waals surface area contributed by atoms with Gasteiger partial charge in [0.1, 0.15) is 0 Å². The van der Waals surface area contributed by atoms with E-state index in [1.54, 1.807) is 0 Å². The molecule has 92 valence electrons. The highest BCUT2D eigenvalue weighted by molar-refractivity contribution is 6.30. The molecular formula is C8H5ClF2N2O4. The molecule has 0 spiro atoms. The van der Waals surface area contributed by atoms with Crippen LogP contribution < -0.4 is 0 Å². The Labute approximate surface area is 98.0 Å². The minimum absolute atomic E-state index is 0.415. The molecule has 0 fully saturated rings. The van der Waals surface area contributed by atoms with E-state index in [0.29, 0.717) is 6.07 Å². The number of pyridine rings is 1. The number of carboxylic acids is 1. The fourth-order valence-electron chi connectivity index (χ4n) is 1.15. The van der Waals surface area contributed by atoms with Crippen LogP contribution in [0.5, 0.6) is 0 Å². The molecule has 0 bridgehead atoms. The lowest BCUT2D eigenvalue weighted by molar-refractivity contribution is -0.390. The summed E-state index contributed by atoms with van der Waals surface area (Å²) in [5.41, 5.74) is -1.14. The summed E-state index contributed by atoms with van der Waals surface area (Å²) in [6.07, 6.45) is -3.76. The van der Waals surface area contributed by atoms with Crippen LogP contribution in [0, 0.1) is 10.1 Å². The van der Waals surface area contributed by atoms with E-state index in [4.69, 9.17) is 16.7 Å². The molecule has 0 saturated heterocycles. The first kappa shape index (κ1) is 13.2. The van der Waals surface area contributed by atoms with Crippen molar-refractivity contribution in [1.29, 1.82) is 0 Å². The Hall–Kier alpha value is -1.83. The molecule has 0 amide bonds. The van der Waals surface area contributed by atoms with Gasteiger partial charge in [-0.2, -0.15) is 0 Å². The van der Waals surface area contributed by atoms with E-state index in [1.165, 1.54) is 0 Å². The standard InChI is InChI=1S/C8H5ClF2N2O4/c9-6-4(7(10)11)1-3(2-5(14)15)8(12-6)13(16)17/h1,7H,2H2,(H,14,15). The summed E-state index contributed by atoms with van der Waals surface area (Å²) >= 11 is 5.33. The van der Waals surface area contributed by atoms with Gasteiger partial charge in [0.05, 0.1) is 17.5 Å². The average molecular weight is 267 g/mol. The van der Waals surface area contributed by atoms with Gasteiger partial charge in [-0.1, -0.05) is 0 Å². The Morgan fingerprint density at radius 3 is 2.65 bits per heavy atom. The second-order valence-electron chi connectivity index (χ2n) is 2.98. The highest BCUT2D eigenvalue weighted by atomic mass is 35.5. The van der Waals surface area contributed by atoms with Crippen LogP contribution in [-0.2, 0) is 11.2 Å². The van der Waals surface area contributed by atoms with Crippen LogP contribution in [0.25, 0.3) is 0 Å². The van der Waals surface area contributed by atoms with Crippen molar-refractivity contribution in [3.63, 3.8) is 0 Å². The normalized spacial score (nSPS) is 10.6. The number of aromatic nitrogens is 1. The second-order valence-corrected chi connectivity index (χ2v) is 3.34. The molecule has 0 unspecified atom stereocenters. The molecule has 6 nitrogen and oxygen atoms in total. The molecule has 1 heterocycles. The smallest absolute Gasteiger partial charge is 0.368 e. The van der Waals surface area contributed by atoms with Crippen molar-refractivity contribution in [1.82, 2.24) is 4.98 Å². The topological polar surface area (TPSA) is 93.3 Å². The molecule has 1 N–H and O–H groups in total. The van der Waals surface area contributed by atoms with Gasteiger partial charge >= 0.3 is 11.8 Å². The molecule has 17 heavy (non-hydrogen) atoms. The largest absolute Gasteiger partial charge is 0.481 e. The summed E-state index contributed by atoms with van der Waals surface area (Å²) in [6, 6.07) is 0.687. The number of nitrogens with zero attached hydrogens (tertiary/aromatic N) is 2. The molecule has 9 heteroatoms. The van der Waals surface area contributed by atoms with Crippen molar-refractivity contribution in [2.45, 2.75) is 12.8 Å². The molecule has 0 saturated carbocycles. The van der Waals surface area contributed by atoms with E-state index in [2.05, 4.69) is 4.98 Å². The predicted molar refractivity (Wildman–Crippen MR) is 52.2 cm³/mol. The zero-order chi connectivity index (χ0) is 13.2. The maximum absolute atomic E-state index is 12.4. The lowest BCUT2D eigenvalue weighted by Gasteiger charge is -2.04. The van der Waals surface area contributed by atoms with Crippen molar-refractivity contribution < 1.29 is 23.6 Å². The van der Waals surface area contributed by atoms with Crippen LogP contribution in [-0.4, -0.2) is 21.0 Å². The first-order valence-electron chi connectivity index (χ1n) is 4.16. The Kier molecular flexibility index (Phi) is 3.89. The van der Waals surface area contributed by atoms with Crippen LogP contribution in [0.15, 0.2) is 6.07 Å². The fraction of sp³-hybridized carbons (Fsp3) is 0.250. The minimum atomic E-state index is -2.98. The molecule has 0 aliphatic heterocycles. The monoisotopic (exact) mass is 266 g/mol. The molecular weight excluding hydrogens is 262 g/mol. The van der Waals surface area contributed by atoms with Crippen molar-refractivity contribution >= 4 is 23.4 Å². The van der Waals surface area contributed by atoms with Crippen molar-refractivity contribution in [2.24, 2.45) is 0 Å². The van der Waals surface area contributed by atoms with E-state index in [9.17, 15) is 23.7 Å². The van der Waals surface area contributed by atoms with Crippen molar-refractivity contribution in [2.75, 3.05) is 0 Å². The summed E-state index contributed by atoms with van der Waals surface area (Å²) < 4.78 is 24.9. The highest BCUT2D eigenvalue weighted by Gasteiger charge is 2.26. The Morgan fingerprint density at radius 1 is 1.65 bits per heavy atom. The number of carbonyl (C=O) groups is 1. The maximum Gasteiger partial charge on any atom is 0.368 e. The Bertz CT molecular complexity index is 481. The maximum atomic E-state index is 12.4. The zero-order valence-corrected chi connectivity index (χ0v) is 8.82. The van der Waals surface area contributed by atoms with Crippen LogP contribution >= 0.6 is 11.6 Å². The number of carboxylic acid groups (broad SMARTS) is 1. The summed E-state index contributed by atoms with van der Waals surface area (Å²) in [5, 5.41) is 18.3. The number of nitro groups is 1. The number of halogens is 3. The van der Waals surface area contributed by atoms with E-state index in [0.717, 1.165) is 0 Å². The van der Waals surface area contributed by atoms with Gasteiger partial charge in [0.2, 0.25) is 0 Å². The first-order valence-corrected chi connectivity index (χ1v) is 4.54. The zero-order valence-electron chi connectivity index (χ0n) is 8.06. The molecule has 0 aliphatic carbocycles. The van der Waals surface area contributed by atoms with E-state index in [1.807, 2.05) is 0 Å². The quantitative estimate of drug-likeness (QED) is 0.512. The Morgan fingerprint density at radius 2 is 2.24 bits per heavy atom. The Balaban J connectivity index is 3.36. The van der Waals surface area contributed by atoms with Crippen LogP contribution in [0.1, 0.15) is 17.6 Å². The summed E-state index contributed by atoms with van der Waals surface area (Å²) in [6.45, 7) is 0. The molecule has 1 rings (SSSR count). The van der Waals surface area contributed by atoms with Crippen LogP contribution in [0.2, 0.25) is 5.15 Å². The molecule has 0 radical (unpaired) electrons. The summed E-state index contributed by atoms with van der Waals surface area (Å²) in [7, 11) is 0. The van der Waals surface area contributed by atoms with Crippen LogP contribution in [0.4, 0.5) is 14.6 Å². The number of hydrogen-bond donors (Lipinski definition) is 1. The van der Waals surface area contributed by atoms with Gasteiger partial charge in [0.25, 0.3) is 11.6 Å². The van der Waals surface area contributed by atoms with E-state index >= 15 is 0 Å². The summed E-state index contributed by atoms with van der Waals surface area (Å²) in [5.74, 6) is -2.22. The third-order valence-electron chi connectivity index (χ3n) is 1.81. The van der Waals surface area contributed by atoms with Crippen LogP contribution in [0.3, 0.4) is 0 Å². The molecule has 0 atom stereocenters. The number of alkyl halides is 2. The van der Waals surface area contributed by atoms with Crippen molar-refractivity contribution in [3.05, 3.63) is 32.5 Å². The van der Waals surface area contributed by atoms with Gasteiger partial charge in [-0.3, -0.25) is 4.79 Å². The molecule has 0 aromatic carbocycles. The fourth-order valence-corrected chi connectivity index (χ4v) is 1.36. The minimum Gasteiger partial charge on any atom is -0.481 e. The van der Waals surface area contributed by atoms with Gasteiger partial charge in [-0.05, 0) is 27.6 Å². The lowest BCUT2D eigenvalue weighted by atomic mass is 10.1. The van der Waals surface area contributed by atoms with E-state index < -0.39 is 45.8 Å². The number of rotatable bonds is 4. The van der Waals surface area contributed by atoms with Gasteiger partial charge in [-0.25, -0.2) is 8.78 Å². The summed E-state index contributed by atoms with van der Waals surface area (Å²) in [4.78, 5) is 23.2. The second kappa shape index (κ2) is 5.00. The highest BCUT2D eigenvalue weighted by Crippen LogP contribution is 2.30. The lowest BCUT2D eigenvalue weighted by Crippen LogP contribution is -2.07. The predicted octanol–water partition coefficient (Wildman–Crippen LogP) is 2.21. The third-order valence-corrected chi connectivity index (χ3v) is 2.11. The van der Waals surface area contributed by atoms with Gasteiger partial charge in [-0.15, -0.1) is 0 Å².